The number of phenolic OH excluding ortho intramolecular Hbond substituents is 1. The van der Waals surface area contributed by atoms with Crippen LogP contribution in [0.3, 0.4) is 0 Å². The van der Waals surface area contributed by atoms with E-state index in [1.807, 2.05) is 42.5 Å². The van der Waals surface area contributed by atoms with Crippen molar-refractivity contribution >= 4 is 22.4 Å². The van der Waals surface area contributed by atoms with Gasteiger partial charge >= 0.3 is 0 Å². The minimum absolute atomic E-state index is 0.0234. The van der Waals surface area contributed by atoms with E-state index in [0.717, 1.165) is 16.5 Å². The number of amides is 1. The van der Waals surface area contributed by atoms with E-state index < -0.39 is 0 Å². The van der Waals surface area contributed by atoms with Gasteiger partial charge < -0.3 is 10.4 Å². The molecule has 21 heavy (non-hydrogen) atoms. The second-order valence-electron chi connectivity index (χ2n) is 4.95. The number of rotatable bonds is 2. The Morgan fingerprint density at radius 3 is 2.52 bits per heavy atom. The van der Waals surface area contributed by atoms with E-state index in [1.54, 1.807) is 25.1 Å². The number of benzene rings is 3. The van der Waals surface area contributed by atoms with Gasteiger partial charge in [0.15, 0.2) is 0 Å². The van der Waals surface area contributed by atoms with Crippen molar-refractivity contribution in [2.45, 2.75) is 6.92 Å². The van der Waals surface area contributed by atoms with Gasteiger partial charge in [0.2, 0.25) is 0 Å². The number of phenols is 1. The van der Waals surface area contributed by atoms with Gasteiger partial charge in [0.1, 0.15) is 5.75 Å². The maximum atomic E-state index is 12.4. The van der Waals surface area contributed by atoms with E-state index in [-0.39, 0.29) is 17.2 Å². The smallest absolute Gasteiger partial charge is 0.259 e. The number of nitrogens with one attached hydrogen (secondary N) is 1. The molecule has 0 radical (unpaired) electrons. The quantitative estimate of drug-likeness (QED) is 0.740. The molecule has 0 aliphatic carbocycles. The SMILES string of the molecule is Cc1cccc(C(=O)Nc2cccc3ccccc23)c1O. The lowest BCUT2D eigenvalue weighted by molar-refractivity contribution is 0.102. The van der Waals surface area contributed by atoms with Crippen LogP contribution in [0.15, 0.2) is 60.7 Å². The average Bonchev–Trinajstić information content (AvgIpc) is 2.50. The lowest BCUT2D eigenvalue weighted by atomic mass is 10.1. The number of aryl methyl sites for hydroxylation is 1. The van der Waals surface area contributed by atoms with Crippen molar-refractivity contribution in [2.24, 2.45) is 0 Å². The zero-order valence-corrected chi connectivity index (χ0v) is 11.6. The molecule has 0 atom stereocenters. The molecular formula is C18H15NO2. The van der Waals surface area contributed by atoms with Gasteiger partial charge in [0.05, 0.1) is 5.56 Å². The third-order valence-electron chi connectivity index (χ3n) is 3.52. The fraction of sp³-hybridized carbons (Fsp3) is 0.0556. The number of carbonyl (C=O) groups excluding carboxylic acids is 1. The Hall–Kier alpha value is -2.81. The third kappa shape index (κ3) is 2.46. The van der Waals surface area contributed by atoms with Crippen molar-refractivity contribution < 1.29 is 9.90 Å². The molecule has 3 aromatic carbocycles. The van der Waals surface area contributed by atoms with E-state index in [4.69, 9.17) is 0 Å². The molecule has 3 aromatic rings. The topological polar surface area (TPSA) is 49.3 Å². The van der Waals surface area contributed by atoms with Gasteiger partial charge in [-0.1, -0.05) is 48.5 Å². The fourth-order valence-electron chi connectivity index (χ4n) is 2.37. The van der Waals surface area contributed by atoms with Gasteiger partial charge in [-0.3, -0.25) is 4.79 Å². The predicted molar refractivity (Wildman–Crippen MR) is 84.7 cm³/mol. The number of carbonyl (C=O) groups is 1. The summed E-state index contributed by atoms with van der Waals surface area (Å²) in [6.07, 6.45) is 0. The zero-order chi connectivity index (χ0) is 14.8. The number of hydrogen-bond donors (Lipinski definition) is 2. The van der Waals surface area contributed by atoms with E-state index in [1.165, 1.54) is 0 Å². The molecule has 2 N–H and O–H groups in total. The molecule has 0 fully saturated rings. The van der Waals surface area contributed by atoms with E-state index in [0.29, 0.717) is 5.56 Å². The molecule has 0 aliphatic rings. The largest absolute Gasteiger partial charge is 0.507 e. The van der Waals surface area contributed by atoms with E-state index in [2.05, 4.69) is 5.32 Å². The van der Waals surface area contributed by atoms with Crippen molar-refractivity contribution in [1.29, 1.82) is 0 Å². The highest BCUT2D eigenvalue weighted by Crippen LogP contribution is 2.26. The summed E-state index contributed by atoms with van der Waals surface area (Å²) in [7, 11) is 0. The monoisotopic (exact) mass is 277 g/mol. The molecule has 1 amide bonds. The Balaban J connectivity index is 1.99. The number of aromatic hydroxyl groups is 1. The molecule has 0 aromatic heterocycles. The minimum atomic E-state index is -0.312. The number of para-hydroxylation sites is 1. The summed E-state index contributed by atoms with van der Waals surface area (Å²) < 4.78 is 0. The molecule has 0 saturated heterocycles. The van der Waals surface area contributed by atoms with Gasteiger partial charge in [0.25, 0.3) is 5.91 Å². The minimum Gasteiger partial charge on any atom is -0.507 e. The molecule has 104 valence electrons. The van der Waals surface area contributed by atoms with Crippen molar-refractivity contribution in [2.75, 3.05) is 5.32 Å². The summed E-state index contributed by atoms with van der Waals surface area (Å²) >= 11 is 0. The van der Waals surface area contributed by atoms with E-state index >= 15 is 0 Å². The molecule has 0 spiro atoms. The summed E-state index contributed by atoms with van der Waals surface area (Å²) in [5.74, 6) is -0.289. The van der Waals surface area contributed by atoms with Crippen molar-refractivity contribution in [1.82, 2.24) is 0 Å². The van der Waals surface area contributed by atoms with Gasteiger partial charge in [-0.25, -0.2) is 0 Å². The van der Waals surface area contributed by atoms with Crippen LogP contribution < -0.4 is 5.32 Å². The third-order valence-corrected chi connectivity index (χ3v) is 3.52. The molecule has 3 heteroatoms. The van der Waals surface area contributed by atoms with Crippen LogP contribution in [0.25, 0.3) is 10.8 Å². The molecule has 0 unspecified atom stereocenters. The first kappa shape index (κ1) is 13.2. The van der Waals surface area contributed by atoms with E-state index in [9.17, 15) is 9.90 Å². The molecule has 0 saturated carbocycles. The van der Waals surface area contributed by atoms with Crippen molar-refractivity contribution in [3.8, 4) is 5.75 Å². The Kier molecular flexibility index (Phi) is 3.32. The first-order valence-corrected chi connectivity index (χ1v) is 6.74. The Bertz CT molecular complexity index is 819. The van der Waals surface area contributed by atoms with Crippen LogP contribution in [0.1, 0.15) is 15.9 Å². The number of hydrogen-bond acceptors (Lipinski definition) is 2. The van der Waals surface area contributed by atoms with Crippen LogP contribution in [0.5, 0.6) is 5.75 Å². The maximum Gasteiger partial charge on any atom is 0.259 e. The molecular weight excluding hydrogens is 262 g/mol. The Labute approximate surface area is 122 Å². The second kappa shape index (κ2) is 5.29. The van der Waals surface area contributed by atoms with Gasteiger partial charge in [0, 0.05) is 11.1 Å². The lowest BCUT2D eigenvalue weighted by Gasteiger charge is -2.10. The van der Waals surface area contributed by atoms with Crippen LogP contribution in [-0.2, 0) is 0 Å². The fourth-order valence-corrected chi connectivity index (χ4v) is 2.37. The molecule has 0 aliphatic heterocycles. The summed E-state index contributed by atoms with van der Waals surface area (Å²) in [5, 5.41) is 14.9. The summed E-state index contributed by atoms with van der Waals surface area (Å²) in [5.41, 5.74) is 1.70. The molecule has 3 rings (SSSR count). The molecule has 0 bridgehead atoms. The average molecular weight is 277 g/mol. The Morgan fingerprint density at radius 2 is 1.67 bits per heavy atom. The van der Waals surface area contributed by atoms with Crippen LogP contribution in [0, 0.1) is 6.92 Å². The second-order valence-corrected chi connectivity index (χ2v) is 4.95. The van der Waals surface area contributed by atoms with Crippen molar-refractivity contribution in [3.05, 3.63) is 71.8 Å². The van der Waals surface area contributed by atoms with Gasteiger partial charge in [-0.05, 0) is 30.0 Å². The van der Waals surface area contributed by atoms with Crippen LogP contribution in [-0.4, -0.2) is 11.0 Å². The predicted octanol–water partition coefficient (Wildman–Crippen LogP) is 4.11. The highest BCUT2D eigenvalue weighted by atomic mass is 16.3. The summed E-state index contributed by atoms with van der Waals surface area (Å²) in [6.45, 7) is 1.77. The van der Waals surface area contributed by atoms with Crippen LogP contribution in [0.2, 0.25) is 0 Å². The summed E-state index contributed by atoms with van der Waals surface area (Å²) in [4.78, 5) is 12.4. The highest BCUT2D eigenvalue weighted by Gasteiger charge is 2.13. The Morgan fingerprint density at radius 1 is 0.952 bits per heavy atom. The maximum absolute atomic E-state index is 12.4. The van der Waals surface area contributed by atoms with Crippen molar-refractivity contribution in [3.63, 3.8) is 0 Å². The first-order valence-electron chi connectivity index (χ1n) is 6.74. The molecule has 0 heterocycles. The molecule has 3 nitrogen and oxygen atoms in total. The normalized spacial score (nSPS) is 10.5. The first-order chi connectivity index (χ1) is 10.2. The van der Waals surface area contributed by atoms with Gasteiger partial charge in [-0.2, -0.15) is 0 Å². The number of anilines is 1. The summed E-state index contributed by atoms with van der Waals surface area (Å²) in [6, 6.07) is 18.7. The van der Waals surface area contributed by atoms with Crippen LogP contribution in [0.4, 0.5) is 5.69 Å². The highest BCUT2D eigenvalue weighted by molar-refractivity contribution is 6.10. The standard InChI is InChI=1S/C18H15NO2/c1-12-6-4-10-15(17(12)20)18(21)19-16-11-5-8-13-7-2-3-9-14(13)16/h2-11,20H,1H3,(H,19,21). The zero-order valence-electron chi connectivity index (χ0n) is 11.6. The lowest BCUT2D eigenvalue weighted by Crippen LogP contribution is -2.12. The van der Waals surface area contributed by atoms with Gasteiger partial charge in [-0.15, -0.1) is 0 Å². The van der Waals surface area contributed by atoms with Crippen LogP contribution >= 0.6 is 0 Å². The number of fused-ring (bicyclic) bond motifs is 1.